The van der Waals surface area contributed by atoms with Gasteiger partial charge in [-0.15, -0.1) is 0 Å². The molecule has 0 saturated heterocycles. The van der Waals surface area contributed by atoms with Crippen LogP contribution in [0, 0.1) is 0 Å². The Morgan fingerprint density at radius 1 is 1.25 bits per heavy atom. The van der Waals surface area contributed by atoms with Crippen LogP contribution < -0.4 is 0 Å². The van der Waals surface area contributed by atoms with E-state index in [-0.39, 0.29) is 5.78 Å². The molecule has 1 aliphatic carbocycles. The minimum atomic E-state index is -0.788. The molecule has 6 nitrogen and oxygen atoms in total. The fraction of sp³-hybridized carbons (Fsp3) is 0.643. The lowest BCUT2D eigenvalue weighted by Crippen LogP contribution is -2.45. The zero-order valence-corrected chi connectivity index (χ0v) is 12.2. The molecule has 2 aliphatic rings. The molecule has 0 aromatic heterocycles. The van der Waals surface area contributed by atoms with Crippen molar-refractivity contribution in [2.75, 3.05) is 7.11 Å². The number of carbonyl (C=O) groups is 3. The highest BCUT2D eigenvalue weighted by atomic mass is 16.6. The number of amides is 1. The number of methoxy groups -OCH3 is 1. The van der Waals surface area contributed by atoms with E-state index in [2.05, 4.69) is 0 Å². The normalized spacial score (nSPS) is 22.1. The predicted molar refractivity (Wildman–Crippen MR) is 69.8 cm³/mol. The van der Waals surface area contributed by atoms with Crippen molar-refractivity contribution in [2.45, 2.75) is 51.7 Å². The van der Waals surface area contributed by atoms with Crippen molar-refractivity contribution in [3.8, 4) is 0 Å². The van der Waals surface area contributed by atoms with Crippen LogP contribution in [0.15, 0.2) is 11.3 Å². The monoisotopic (exact) mass is 281 g/mol. The van der Waals surface area contributed by atoms with Crippen molar-refractivity contribution in [3.63, 3.8) is 0 Å². The molecule has 1 amide bonds. The summed E-state index contributed by atoms with van der Waals surface area (Å²) < 4.78 is 10.0. The molecule has 2 rings (SSSR count). The number of esters is 1. The molecular weight excluding hydrogens is 262 g/mol. The van der Waals surface area contributed by atoms with Gasteiger partial charge in [0.2, 0.25) is 0 Å². The van der Waals surface area contributed by atoms with Crippen LogP contribution in [-0.4, -0.2) is 41.5 Å². The summed E-state index contributed by atoms with van der Waals surface area (Å²) >= 11 is 0. The van der Waals surface area contributed by atoms with Gasteiger partial charge in [-0.3, -0.25) is 9.69 Å². The van der Waals surface area contributed by atoms with Gasteiger partial charge in [0.05, 0.1) is 12.8 Å². The van der Waals surface area contributed by atoms with Crippen LogP contribution in [0.25, 0.3) is 0 Å². The molecular formula is C14H19NO5. The lowest BCUT2D eigenvalue weighted by atomic mass is 10.1. The Labute approximate surface area is 117 Å². The smallest absolute Gasteiger partial charge is 0.415 e. The van der Waals surface area contributed by atoms with E-state index in [1.54, 1.807) is 20.8 Å². The van der Waals surface area contributed by atoms with Gasteiger partial charge in [-0.25, -0.2) is 9.59 Å². The Balaban J connectivity index is 2.30. The first-order valence-corrected chi connectivity index (χ1v) is 6.60. The van der Waals surface area contributed by atoms with Crippen LogP contribution in [0.2, 0.25) is 0 Å². The van der Waals surface area contributed by atoms with E-state index in [0.29, 0.717) is 25.0 Å². The van der Waals surface area contributed by atoms with Crippen molar-refractivity contribution in [1.82, 2.24) is 4.90 Å². The topological polar surface area (TPSA) is 72.9 Å². The maximum atomic E-state index is 12.3. The number of likely N-dealkylation sites (tertiary alicyclic amines) is 1. The third kappa shape index (κ3) is 2.55. The highest BCUT2D eigenvalue weighted by molar-refractivity contribution is 6.03. The number of ketones is 1. The quantitative estimate of drug-likeness (QED) is 0.685. The highest BCUT2D eigenvalue weighted by Crippen LogP contribution is 2.39. The molecule has 1 atom stereocenters. The first-order valence-electron chi connectivity index (χ1n) is 6.60. The molecule has 110 valence electrons. The van der Waals surface area contributed by atoms with Gasteiger partial charge in [-0.1, -0.05) is 0 Å². The number of allylic oxidation sites excluding steroid dienone is 1. The summed E-state index contributed by atoms with van der Waals surface area (Å²) in [5.74, 6) is -0.643. The molecule has 1 aliphatic heterocycles. The molecule has 20 heavy (non-hydrogen) atoms. The first kappa shape index (κ1) is 14.6. The minimum absolute atomic E-state index is 0.114. The van der Waals surface area contributed by atoms with Gasteiger partial charge in [-0.2, -0.15) is 0 Å². The highest BCUT2D eigenvalue weighted by Gasteiger charge is 2.47. The summed E-state index contributed by atoms with van der Waals surface area (Å²) in [5.41, 5.74) is 0.480. The summed E-state index contributed by atoms with van der Waals surface area (Å²) in [4.78, 5) is 37.2. The van der Waals surface area contributed by atoms with E-state index >= 15 is 0 Å². The molecule has 0 fully saturated rings. The Morgan fingerprint density at radius 3 is 2.45 bits per heavy atom. The average molecular weight is 281 g/mol. The van der Waals surface area contributed by atoms with Gasteiger partial charge >= 0.3 is 12.1 Å². The van der Waals surface area contributed by atoms with Gasteiger partial charge in [0, 0.05) is 12.8 Å². The maximum absolute atomic E-state index is 12.3. The van der Waals surface area contributed by atoms with Crippen LogP contribution in [0.4, 0.5) is 4.79 Å². The molecule has 0 saturated carbocycles. The van der Waals surface area contributed by atoms with Gasteiger partial charge in [0.25, 0.3) is 0 Å². The van der Waals surface area contributed by atoms with Gasteiger partial charge in [0.15, 0.2) is 5.78 Å². The maximum Gasteiger partial charge on any atom is 0.415 e. The predicted octanol–water partition coefficient (Wildman–Crippen LogP) is 1.79. The van der Waals surface area contributed by atoms with Gasteiger partial charge in [0.1, 0.15) is 11.6 Å². The SMILES string of the molecule is COC(=O)C1CC2=C(C(=O)CC2)N1C(=O)OC(C)(C)C. The van der Waals surface area contributed by atoms with E-state index in [9.17, 15) is 14.4 Å². The zero-order valence-electron chi connectivity index (χ0n) is 12.2. The van der Waals surface area contributed by atoms with Crippen LogP contribution in [-0.2, 0) is 19.1 Å². The van der Waals surface area contributed by atoms with Crippen molar-refractivity contribution in [1.29, 1.82) is 0 Å². The number of carbonyl (C=O) groups excluding carboxylic acids is 3. The second-order valence-electron chi connectivity index (χ2n) is 5.97. The minimum Gasteiger partial charge on any atom is -0.467 e. The molecule has 1 unspecified atom stereocenters. The van der Waals surface area contributed by atoms with Crippen LogP contribution in [0.3, 0.4) is 0 Å². The van der Waals surface area contributed by atoms with Crippen molar-refractivity contribution in [3.05, 3.63) is 11.3 Å². The Kier molecular flexibility index (Phi) is 3.58. The van der Waals surface area contributed by atoms with E-state index in [1.165, 1.54) is 12.0 Å². The third-order valence-electron chi connectivity index (χ3n) is 3.31. The molecule has 0 bridgehead atoms. The van der Waals surface area contributed by atoms with E-state index in [4.69, 9.17) is 9.47 Å². The van der Waals surface area contributed by atoms with Crippen molar-refractivity contribution < 1.29 is 23.9 Å². The fourth-order valence-corrected chi connectivity index (χ4v) is 2.54. The Bertz CT molecular complexity index is 500. The number of Topliss-reactive ketones (excluding diaryl/α,β-unsaturated/α-hetero) is 1. The number of hydrogen-bond donors (Lipinski definition) is 0. The van der Waals surface area contributed by atoms with Crippen LogP contribution in [0.5, 0.6) is 0 Å². The van der Waals surface area contributed by atoms with Crippen molar-refractivity contribution in [2.24, 2.45) is 0 Å². The van der Waals surface area contributed by atoms with E-state index in [0.717, 1.165) is 5.57 Å². The van der Waals surface area contributed by atoms with Crippen molar-refractivity contribution >= 4 is 17.8 Å². The summed E-state index contributed by atoms with van der Waals surface area (Å²) in [6.45, 7) is 5.21. The number of ether oxygens (including phenoxy) is 2. The fourth-order valence-electron chi connectivity index (χ4n) is 2.54. The molecule has 0 spiro atoms. The van der Waals surface area contributed by atoms with E-state index in [1.807, 2.05) is 0 Å². The Morgan fingerprint density at radius 2 is 1.90 bits per heavy atom. The molecule has 6 heteroatoms. The molecule has 0 N–H and O–H groups in total. The van der Waals surface area contributed by atoms with E-state index < -0.39 is 23.7 Å². The molecule has 0 radical (unpaired) electrons. The number of hydrogen-bond acceptors (Lipinski definition) is 5. The van der Waals surface area contributed by atoms with Crippen LogP contribution >= 0.6 is 0 Å². The van der Waals surface area contributed by atoms with Gasteiger partial charge in [-0.05, 0) is 32.8 Å². The lowest BCUT2D eigenvalue weighted by Gasteiger charge is -2.28. The first-order chi connectivity index (χ1) is 9.24. The summed E-state index contributed by atoms with van der Waals surface area (Å²) in [7, 11) is 1.26. The Hall–Kier alpha value is -1.85. The number of rotatable bonds is 1. The second kappa shape index (κ2) is 4.92. The average Bonchev–Trinajstić information content (AvgIpc) is 2.86. The molecule has 0 aromatic rings. The van der Waals surface area contributed by atoms with Crippen LogP contribution in [0.1, 0.15) is 40.0 Å². The molecule has 0 aromatic carbocycles. The number of nitrogens with zero attached hydrogens (tertiary/aromatic N) is 1. The lowest BCUT2D eigenvalue weighted by molar-refractivity contribution is -0.145. The summed E-state index contributed by atoms with van der Waals surface area (Å²) in [6, 6.07) is -0.788. The summed E-state index contributed by atoms with van der Waals surface area (Å²) in [5, 5.41) is 0. The standard InChI is InChI=1S/C14H19NO5/c1-14(2,3)20-13(18)15-9(12(17)19-4)7-8-5-6-10(16)11(8)15/h9H,5-7H2,1-4H3. The second-order valence-corrected chi connectivity index (χ2v) is 5.97. The summed E-state index contributed by atoms with van der Waals surface area (Å²) in [6.07, 6.45) is 0.666. The largest absolute Gasteiger partial charge is 0.467 e. The van der Waals surface area contributed by atoms with Gasteiger partial charge < -0.3 is 9.47 Å². The molecule has 1 heterocycles. The zero-order chi connectivity index (χ0) is 15.1. The third-order valence-corrected chi connectivity index (χ3v) is 3.31.